The molecule has 0 heterocycles. The number of amides is 1. The molecule has 4 nitrogen and oxygen atoms in total. The topological polar surface area (TPSA) is 49.8 Å². The summed E-state index contributed by atoms with van der Waals surface area (Å²) in [6, 6.07) is 7.78. The van der Waals surface area contributed by atoms with Crippen LogP contribution in [0.25, 0.3) is 0 Å². The highest BCUT2D eigenvalue weighted by Gasteiger charge is 2.26. The van der Waals surface area contributed by atoms with E-state index in [0.29, 0.717) is 19.4 Å². The zero-order valence-electron chi connectivity index (χ0n) is 12.8. The third-order valence-corrected chi connectivity index (χ3v) is 3.55. The first kappa shape index (κ1) is 16.5. The maximum Gasteiger partial charge on any atom is 0.223 e. The van der Waals surface area contributed by atoms with Crippen molar-refractivity contribution in [2.75, 3.05) is 20.3 Å². The highest BCUT2D eigenvalue weighted by molar-refractivity contribution is 5.77. The van der Waals surface area contributed by atoms with Crippen molar-refractivity contribution in [1.82, 2.24) is 4.90 Å². The first-order valence-corrected chi connectivity index (χ1v) is 7.00. The van der Waals surface area contributed by atoms with Gasteiger partial charge in [0.05, 0.1) is 18.8 Å². The summed E-state index contributed by atoms with van der Waals surface area (Å²) < 4.78 is 5.55. The molecule has 1 rings (SSSR count). The van der Waals surface area contributed by atoms with Gasteiger partial charge < -0.3 is 14.7 Å². The van der Waals surface area contributed by atoms with Crippen molar-refractivity contribution >= 4 is 5.91 Å². The van der Waals surface area contributed by atoms with Crippen molar-refractivity contribution in [3.63, 3.8) is 0 Å². The third kappa shape index (κ3) is 4.23. The molecule has 0 bridgehead atoms. The fourth-order valence-corrected chi connectivity index (χ4v) is 1.86. The van der Waals surface area contributed by atoms with Crippen molar-refractivity contribution < 1.29 is 14.6 Å². The smallest absolute Gasteiger partial charge is 0.223 e. The monoisotopic (exact) mass is 279 g/mol. The van der Waals surface area contributed by atoms with Gasteiger partial charge in [-0.1, -0.05) is 18.2 Å². The molecule has 112 valence electrons. The Morgan fingerprint density at radius 1 is 1.35 bits per heavy atom. The number of para-hydroxylation sites is 1. The van der Waals surface area contributed by atoms with Crippen LogP contribution in [0, 0.1) is 0 Å². The van der Waals surface area contributed by atoms with E-state index in [1.807, 2.05) is 45.0 Å². The summed E-state index contributed by atoms with van der Waals surface area (Å²) in [5.74, 6) is 0.863. The van der Waals surface area contributed by atoms with E-state index in [2.05, 4.69) is 0 Å². The van der Waals surface area contributed by atoms with Gasteiger partial charge in [0.2, 0.25) is 5.91 Å². The van der Waals surface area contributed by atoms with Crippen molar-refractivity contribution in [3.8, 4) is 5.75 Å². The molecule has 1 N–H and O–H groups in total. The number of hydrogen-bond acceptors (Lipinski definition) is 3. The van der Waals surface area contributed by atoms with Gasteiger partial charge in [-0.05, 0) is 38.8 Å². The van der Waals surface area contributed by atoms with Gasteiger partial charge in [-0.25, -0.2) is 0 Å². The van der Waals surface area contributed by atoms with Crippen molar-refractivity contribution in [3.05, 3.63) is 29.8 Å². The molecule has 1 aromatic carbocycles. The molecule has 0 aromatic heterocycles. The van der Waals surface area contributed by atoms with Crippen LogP contribution in [0.15, 0.2) is 24.3 Å². The van der Waals surface area contributed by atoms with Crippen molar-refractivity contribution in [1.29, 1.82) is 0 Å². The van der Waals surface area contributed by atoms with Crippen LogP contribution in [0.2, 0.25) is 0 Å². The van der Waals surface area contributed by atoms with Crippen LogP contribution in [0.5, 0.6) is 5.75 Å². The van der Waals surface area contributed by atoms with Gasteiger partial charge in [-0.2, -0.15) is 0 Å². The predicted molar refractivity (Wildman–Crippen MR) is 79.9 cm³/mol. The number of benzene rings is 1. The Labute approximate surface area is 121 Å². The molecule has 0 fully saturated rings. The molecule has 0 spiro atoms. The van der Waals surface area contributed by atoms with Gasteiger partial charge in [-0.15, -0.1) is 0 Å². The number of hydrogen-bond donors (Lipinski definition) is 1. The molecule has 0 atom stereocenters. The van der Waals surface area contributed by atoms with E-state index in [0.717, 1.165) is 11.3 Å². The summed E-state index contributed by atoms with van der Waals surface area (Å²) >= 11 is 0. The lowest BCUT2D eigenvalue weighted by Gasteiger charge is -2.34. The molecule has 0 aliphatic rings. The third-order valence-electron chi connectivity index (χ3n) is 3.55. The molecule has 0 aliphatic carbocycles. The zero-order chi connectivity index (χ0) is 15.2. The standard InChI is InChI=1S/C16H25NO3/c1-5-20-14-9-7-6-8-13(14)10-11-15(19)17(4)16(2,3)12-18/h6-9,18H,5,10-12H2,1-4H3. The van der Waals surface area contributed by atoms with Crippen LogP contribution in [0.3, 0.4) is 0 Å². The van der Waals surface area contributed by atoms with Gasteiger partial charge in [0, 0.05) is 13.5 Å². The normalized spacial score (nSPS) is 11.2. The van der Waals surface area contributed by atoms with Crippen LogP contribution in [-0.2, 0) is 11.2 Å². The summed E-state index contributed by atoms with van der Waals surface area (Å²) in [7, 11) is 1.73. The second-order valence-electron chi connectivity index (χ2n) is 5.46. The Bertz CT molecular complexity index is 443. The summed E-state index contributed by atoms with van der Waals surface area (Å²) in [4.78, 5) is 13.8. The summed E-state index contributed by atoms with van der Waals surface area (Å²) in [6.07, 6.45) is 1.05. The number of rotatable bonds is 7. The maximum absolute atomic E-state index is 12.2. The number of likely N-dealkylation sites (N-methyl/N-ethyl adjacent to an activating group) is 1. The van der Waals surface area contributed by atoms with Crippen molar-refractivity contribution in [2.45, 2.75) is 39.2 Å². The lowest BCUT2D eigenvalue weighted by Crippen LogP contribution is -2.47. The van der Waals surface area contributed by atoms with Gasteiger partial charge in [0.1, 0.15) is 5.75 Å². The SMILES string of the molecule is CCOc1ccccc1CCC(=O)N(C)C(C)(C)CO. The minimum Gasteiger partial charge on any atom is -0.494 e. The second-order valence-corrected chi connectivity index (χ2v) is 5.46. The van der Waals surface area contributed by atoms with Gasteiger partial charge in [0.25, 0.3) is 0 Å². The highest BCUT2D eigenvalue weighted by atomic mass is 16.5. The molecule has 0 aliphatic heterocycles. The minimum absolute atomic E-state index is 0.0235. The Balaban J connectivity index is 2.66. The lowest BCUT2D eigenvalue weighted by atomic mass is 10.0. The number of aliphatic hydroxyl groups excluding tert-OH is 1. The Kier molecular flexibility index (Phi) is 6.02. The zero-order valence-corrected chi connectivity index (χ0v) is 12.8. The highest BCUT2D eigenvalue weighted by Crippen LogP contribution is 2.20. The van der Waals surface area contributed by atoms with E-state index in [1.54, 1.807) is 11.9 Å². The predicted octanol–water partition coefficient (Wildman–Crippen LogP) is 2.25. The number of ether oxygens (including phenoxy) is 1. The quantitative estimate of drug-likeness (QED) is 0.833. The average Bonchev–Trinajstić information content (AvgIpc) is 2.45. The molecule has 0 saturated carbocycles. The number of carbonyl (C=O) groups is 1. The van der Waals surface area contributed by atoms with E-state index in [-0.39, 0.29) is 12.5 Å². The van der Waals surface area contributed by atoms with Crippen molar-refractivity contribution in [2.24, 2.45) is 0 Å². The molecule has 0 radical (unpaired) electrons. The first-order chi connectivity index (χ1) is 9.42. The van der Waals surface area contributed by atoms with E-state index < -0.39 is 5.54 Å². The molecule has 4 heteroatoms. The first-order valence-electron chi connectivity index (χ1n) is 7.00. The Morgan fingerprint density at radius 3 is 2.60 bits per heavy atom. The van der Waals surface area contributed by atoms with Gasteiger partial charge in [-0.3, -0.25) is 4.79 Å². The van der Waals surface area contributed by atoms with Crippen LogP contribution >= 0.6 is 0 Å². The van der Waals surface area contributed by atoms with Crippen LogP contribution in [0.1, 0.15) is 32.8 Å². The summed E-state index contributed by atoms with van der Waals surface area (Å²) in [5.41, 5.74) is 0.508. The fourth-order valence-electron chi connectivity index (χ4n) is 1.86. The van der Waals surface area contributed by atoms with E-state index >= 15 is 0 Å². The maximum atomic E-state index is 12.2. The number of aliphatic hydroxyl groups is 1. The van der Waals surface area contributed by atoms with Gasteiger partial charge >= 0.3 is 0 Å². The van der Waals surface area contributed by atoms with Crippen LogP contribution in [-0.4, -0.2) is 41.7 Å². The minimum atomic E-state index is -0.531. The number of aryl methyl sites for hydroxylation is 1. The molecule has 1 amide bonds. The summed E-state index contributed by atoms with van der Waals surface area (Å²) in [6.45, 7) is 6.20. The molecular weight excluding hydrogens is 254 g/mol. The Hall–Kier alpha value is -1.55. The molecule has 20 heavy (non-hydrogen) atoms. The number of nitrogens with zero attached hydrogens (tertiary/aromatic N) is 1. The Morgan fingerprint density at radius 2 is 2.00 bits per heavy atom. The average molecular weight is 279 g/mol. The van der Waals surface area contributed by atoms with E-state index in [9.17, 15) is 9.90 Å². The van der Waals surface area contributed by atoms with Crippen LogP contribution in [0.4, 0.5) is 0 Å². The molecule has 0 saturated heterocycles. The van der Waals surface area contributed by atoms with Crippen LogP contribution < -0.4 is 4.74 Å². The molecule has 1 aromatic rings. The largest absolute Gasteiger partial charge is 0.494 e. The lowest BCUT2D eigenvalue weighted by molar-refractivity contribution is -0.135. The fraction of sp³-hybridized carbons (Fsp3) is 0.562. The van der Waals surface area contributed by atoms with E-state index in [4.69, 9.17) is 4.74 Å². The van der Waals surface area contributed by atoms with E-state index in [1.165, 1.54) is 0 Å². The number of carbonyl (C=O) groups excluding carboxylic acids is 1. The molecular formula is C16H25NO3. The second kappa shape index (κ2) is 7.29. The summed E-state index contributed by atoms with van der Waals surface area (Å²) in [5, 5.41) is 9.30. The van der Waals surface area contributed by atoms with Gasteiger partial charge in [0.15, 0.2) is 0 Å². The molecule has 0 unspecified atom stereocenters.